The average Bonchev–Trinajstić information content (AvgIpc) is 2.15. The fraction of sp³-hybridized carbons (Fsp3) is 0.273. The molecule has 0 bridgehead atoms. The van der Waals surface area contributed by atoms with Crippen molar-refractivity contribution in [3.05, 3.63) is 42.8 Å². The lowest BCUT2D eigenvalue weighted by molar-refractivity contribution is -0.147. The normalized spacial score (nSPS) is 10.1. The van der Waals surface area contributed by atoms with Crippen LogP contribution in [0.5, 0.6) is 0 Å². The molecule has 2 nitrogen and oxygen atoms in total. The minimum atomic E-state index is -0.302. The van der Waals surface area contributed by atoms with Gasteiger partial charge in [0.2, 0.25) is 0 Å². The lowest BCUT2D eigenvalue weighted by Gasteiger charge is -2.06. The third kappa shape index (κ3) is 3.28. The third-order valence-corrected chi connectivity index (χ3v) is 1.63. The van der Waals surface area contributed by atoms with E-state index in [-0.39, 0.29) is 11.9 Å². The highest BCUT2D eigenvalue weighted by molar-refractivity contribution is 5.72. The highest BCUT2D eigenvalue weighted by Crippen LogP contribution is 2.03. The molecule has 2 heteroatoms. The van der Waals surface area contributed by atoms with E-state index in [0.717, 1.165) is 5.56 Å². The van der Waals surface area contributed by atoms with Crippen molar-refractivity contribution in [1.82, 2.24) is 0 Å². The monoisotopic (exact) mass is 177 g/mol. The van der Waals surface area contributed by atoms with Crippen molar-refractivity contribution in [3.63, 3.8) is 0 Å². The topological polar surface area (TPSA) is 26.3 Å². The highest BCUT2D eigenvalue weighted by atomic mass is 16.5. The number of hydrogen-bond acceptors (Lipinski definition) is 2. The Balaban J connectivity index is 2.40. The van der Waals surface area contributed by atoms with Gasteiger partial charge in [-0.25, -0.2) is 0 Å². The van der Waals surface area contributed by atoms with Crippen LogP contribution in [-0.2, 0) is 16.1 Å². The van der Waals surface area contributed by atoms with Crippen molar-refractivity contribution in [3.8, 4) is 0 Å². The van der Waals surface area contributed by atoms with Gasteiger partial charge in [0.25, 0.3) is 0 Å². The largest absolute Gasteiger partial charge is 0.461 e. The lowest BCUT2D eigenvalue weighted by Crippen LogP contribution is -2.11. The summed E-state index contributed by atoms with van der Waals surface area (Å²) in [6.07, 6.45) is 0. The van der Waals surface area contributed by atoms with Gasteiger partial charge in [-0.1, -0.05) is 37.3 Å². The third-order valence-electron chi connectivity index (χ3n) is 1.63. The molecule has 0 N–H and O–H groups in total. The minimum absolute atomic E-state index is 0.260. The van der Waals surface area contributed by atoms with Crippen molar-refractivity contribution in [1.29, 1.82) is 0 Å². The fourth-order valence-corrected chi connectivity index (χ4v) is 0.871. The Morgan fingerprint density at radius 3 is 2.62 bits per heavy atom. The predicted octanol–water partition coefficient (Wildman–Crippen LogP) is 2.20. The molecule has 0 saturated heterocycles. The van der Waals surface area contributed by atoms with Crippen LogP contribution in [-0.4, -0.2) is 5.97 Å². The standard InChI is InChI=1S/C11H13O2/c1-9(2)11(12)13-8-10-6-4-3-5-7-10/h3-7,9H,1,8H2,2H3. The van der Waals surface area contributed by atoms with Gasteiger partial charge in [-0.15, -0.1) is 0 Å². The molecule has 1 aromatic rings. The van der Waals surface area contributed by atoms with Gasteiger partial charge in [-0.3, -0.25) is 4.79 Å². The smallest absolute Gasteiger partial charge is 0.308 e. The zero-order chi connectivity index (χ0) is 9.68. The van der Waals surface area contributed by atoms with E-state index in [1.165, 1.54) is 0 Å². The first-order valence-corrected chi connectivity index (χ1v) is 4.24. The van der Waals surface area contributed by atoms with Crippen LogP contribution in [0.4, 0.5) is 0 Å². The number of benzene rings is 1. The molecule has 1 unspecified atom stereocenters. The van der Waals surface area contributed by atoms with Gasteiger partial charge < -0.3 is 4.74 Å². The Labute approximate surface area is 78.5 Å². The van der Waals surface area contributed by atoms with Gasteiger partial charge in [-0.2, -0.15) is 0 Å². The molecule has 1 rings (SSSR count). The summed E-state index contributed by atoms with van der Waals surface area (Å²) in [5, 5.41) is 0. The van der Waals surface area contributed by atoms with Crippen LogP contribution in [0.1, 0.15) is 12.5 Å². The number of rotatable bonds is 3. The summed E-state index contributed by atoms with van der Waals surface area (Å²) in [6, 6.07) is 9.59. The molecule has 69 valence electrons. The second kappa shape index (κ2) is 4.65. The maximum absolute atomic E-state index is 11.0. The molecule has 0 heterocycles. The molecular formula is C11H13O2. The molecular weight excluding hydrogens is 164 g/mol. The van der Waals surface area contributed by atoms with Crippen molar-refractivity contribution >= 4 is 5.97 Å². The summed E-state index contributed by atoms with van der Waals surface area (Å²) in [5.41, 5.74) is 0.997. The summed E-state index contributed by atoms with van der Waals surface area (Å²) in [6.45, 7) is 5.62. The van der Waals surface area contributed by atoms with Crippen LogP contribution >= 0.6 is 0 Å². The number of ether oxygens (including phenoxy) is 1. The van der Waals surface area contributed by atoms with E-state index in [1.54, 1.807) is 6.92 Å². The SMILES string of the molecule is [CH2]C(C)C(=O)OCc1ccccc1. The van der Waals surface area contributed by atoms with Crippen LogP contribution in [0.2, 0.25) is 0 Å². The Hall–Kier alpha value is -1.31. The Morgan fingerprint density at radius 2 is 2.08 bits per heavy atom. The number of hydrogen-bond donors (Lipinski definition) is 0. The Bertz CT molecular complexity index is 265. The summed E-state index contributed by atoms with van der Waals surface area (Å²) in [5.74, 6) is -0.562. The van der Waals surface area contributed by atoms with E-state index >= 15 is 0 Å². The Kier molecular flexibility index (Phi) is 3.50. The molecule has 0 saturated carbocycles. The maximum Gasteiger partial charge on any atom is 0.308 e. The molecule has 0 aliphatic heterocycles. The molecule has 0 aromatic heterocycles. The summed E-state index contributed by atoms with van der Waals surface area (Å²) in [4.78, 5) is 11.0. The van der Waals surface area contributed by atoms with Gasteiger partial charge in [0, 0.05) is 0 Å². The van der Waals surface area contributed by atoms with Gasteiger partial charge in [0.1, 0.15) is 6.61 Å². The molecule has 0 amide bonds. The van der Waals surface area contributed by atoms with Crippen LogP contribution in [0.25, 0.3) is 0 Å². The van der Waals surface area contributed by atoms with Crippen molar-refractivity contribution in [2.75, 3.05) is 0 Å². The lowest BCUT2D eigenvalue weighted by atomic mass is 10.2. The van der Waals surface area contributed by atoms with Crippen LogP contribution in [0.3, 0.4) is 0 Å². The second-order valence-corrected chi connectivity index (χ2v) is 2.99. The van der Waals surface area contributed by atoms with E-state index in [9.17, 15) is 4.79 Å². The van der Waals surface area contributed by atoms with E-state index < -0.39 is 0 Å². The van der Waals surface area contributed by atoms with E-state index in [0.29, 0.717) is 6.61 Å². The van der Waals surface area contributed by atoms with Crippen LogP contribution in [0.15, 0.2) is 30.3 Å². The fourth-order valence-electron chi connectivity index (χ4n) is 0.871. The zero-order valence-corrected chi connectivity index (χ0v) is 7.69. The molecule has 0 aliphatic carbocycles. The summed E-state index contributed by atoms with van der Waals surface area (Å²) >= 11 is 0. The maximum atomic E-state index is 11.0. The average molecular weight is 177 g/mol. The zero-order valence-electron chi connectivity index (χ0n) is 7.69. The van der Waals surface area contributed by atoms with Gasteiger partial charge in [0.05, 0.1) is 5.92 Å². The molecule has 0 fully saturated rings. The number of carbonyl (C=O) groups is 1. The highest BCUT2D eigenvalue weighted by Gasteiger charge is 2.07. The molecule has 0 spiro atoms. The van der Waals surface area contributed by atoms with E-state index in [4.69, 9.17) is 4.74 Å². The van der Waals surface area contributed by atoms with Gasteiger partial charge in [-0.05, 0) is 12.5 Å². The summed E-state index contributed by atoms with van der Waals surface area (Å²) < 4.78 is 4.99. The molecule has 0 aliphatic rings. The number of carbonyl (C=O) groups excluding carboxylic acids is 1. The number of esters is 1. The second-order valence-electron chi connectivity index (χ2n) is 2.99. The van der Waals surface area contributed by atoms with Crippen LogP contribution in [0, 0.1) is 12.8 Å². The van der Waals surface area contributed by atoms with Crippen molar-refractivity contribution < 1.29 is 9.53 Å². The molecule has 1 aromatic carbocycles. The molecule has 1 atom stereocenters. The molecule has 13 heavy (non-hydrogen) atoms. The van der Waals surface area contributed by atoms with Crippen LogP contribution < -0.4 is 0 Å². The van der Waals surface area contributed by atoms with Crippen molar-refractivity contribution in [2.24, 2.45) is 5.92 Å². The van der Waals surface area contributed by atoms with E-state index in [2.05, 4.69) is 6.92 Å². The predicted molar refractivity (Wildman–Crippen MR) is 50.8 cm³/mol. The minimum Gasteiger partial charge on any atom is -0.461 e. The Morgan fingerprint density at radius 1 is 1.46 bits per heavy atom. The first kappa shape index (κ1) is 9.78. The van der Waals surface area contributed by atoms with Gasteiger partial charge >= 0.3 is 5.97 Å². The van der Waals surface area contributed by atoms with Gasteiger partial charge in [0.15, 0.2) is 0 Å². The van der Waals surface area contributed by atoms with E-state index in [1.807, 2.05) is 30.3 Å². The first-order chi connectivity index (χ1) is 6.20. The van der Waals surface area contributed by atoms with Crippen molar-refractivity contribution in [2.45, 2.75) is 13.5 Å². The molecule has 1 radical (unpaired) electrons. The quantitative estimate of drug-likeness (QED) is 0.661. The first-order valence-electron chi connectivity index (χ1n) is 4.24. The summed E-state index contributed by atoms with van der Waals surface area (Å²) in [7, 11) is 0.